The van der Waals surface area contributed by atoms with Gasteiger partial charge in [-0.15, -0.1) is 24.8 Å². The maximum absolute atomic E-state index is 11.9. The first-order chi connectivity index (χ1) is 7.86. The molecule has 1 aliphatic heterocycles. The van der Waals surface area contributed by atoms with Crippen molar-refractivity contribution in [3.8, 4) is 0 Å². The fourth-order valence-electron chi connectivity index (χ4n) is 1.90. The minimum absolute atomic E-state index is 0. The summed E-state index contributed by atoms with van der Waals surface area (Å²) in [4.78, 5) is 13.9. The average Bonchev–Trinajstić information content (AvgIpc) is 2.66. The lowest BCUT2D eigenvalue weighted by atomic mass is 10.3. The maximum Gasteiger partial charge on any atom is 0.224 e. The van der Waals surface area contributed by atoms with Gasteiger partial charge in [0.1, 0.15) is 0 Å². The third-order valence-corrected chi connectivity index (χ3v) is 2.81. The Morgan fingerprint density at radius 1 is 1.28 bits per heavy atom. The van der Waals surface area contributed by atoms with Crippen molar-refractivity contribution in [1.82, 2.24) is 20.0 Å². The fourth-order valence-corrected chi connectivity index (χ4v) is 1.90. The molecule has 1 aromatic heterocycles. The fraction of sp³-hybridized carbons (Fsp3) is 0.636. The van der Waals surface area contributed by atoms with Gasteiger partial charge in [0.25, 0.3) is 0 Å². The molecule has 0 radical (unpaired) electrons. The van der Waals surface area contributed by atoms with Gasteiger partial charge >= 0.3 is 0 Å². The quantitative estimate of drug-likeness (QED) is 0.903. The molecule has 1 aliphatic rings. The molecular formula is C11H20Cl2N4O. The lowest BCUT2D eigenvalue weighted by Gasteiger charge is -2.19. The van der Waals surface area contributed by atoms with E-state index >= 15 is 0 Å². The zero-order valence-electron chi connectivity index (χ0n) is 10.2. The highest BCUT2D eigenvalue weighted by molar-refractivity contribution is 5.85. The Kier molecular flexibility index (Phi) is 8.79. The van der Waals surface area contributed by atoms with Gasteiger partial charge in [-0.1, -0.05) is 0 Å². The van der Waals surface area contributed by atoms with Crippen LogP contribution < -0.4 is 5.32 Å². The van der Waals surface area contributed by atoms with Crippen LogP contribution in [0.4, 0.5) is 0 Å². The summed E-state index contributed by atoms with van der Waals surface area (Å²) < 4.78 is 1.80. The van der Waals surface area contributed by atoms with Crippen LogP contribution in [0.5, 0.6) is 0 Å². The summed E-state index contributed by atoms with van der Waals surface area (Å²) in [5.74, 6) is 0.235. The Bertz CT molecular complexity index is 324. The van der Waals surface area contributed by atoms with Crippen molar-refractivity contribution in [2.45, 2.75) is 19.4 Å². The van der Waals surface area contributed by atoms with E-state index in [1.165, 1.54) is 0 Å². The second-order valence-corrected chi connectivity index (χ2v) is 4.00. The SMILES string of the molecule is Cl.Cl.O=C(CCn1cccn1)N1CCCNCC1. The number of hydrogen-bond acceptors (Lipinski definition) is 3. The van der Waals surface area contributed by atoms with Crippen molar-refractivity contribution >= 4 is 30.7 Å². The van der Waals surface area contributed by atoms with Crippen LogP contribution >= 0.6 is 24.8 Å². The number of nitrogens with zero attached hydrogens (tertiary/aromatic N) is 3. The van der Waals surface area contributed by atoms with Crippen LogP contribution in [0.2, 0.25) is 0 Å². The van der Waals surface area contributed by atoms with Gasteiger partial charge in [-0.3, -0.25) is 9.48 Å². The van der Waals surface area contributed by atoms with Crippen LogP contribution in [0, 0.1) is 0 Å². The van der Waals surface area contributed by atoms with Crippen LogP contribution in [-0.4, -0.2) is 46.8 Å². The Morgan fingerprint density at radius 3 is 2.83 bits per heavy atom. The van der Waals surface area contributed by atoms with Crippen LogP contribution in [0.15, 0.2) is 18.5 Å². The predicted molar refractivity (Wildman–Crippen MR) is 75.4 cm³/mol. The number of aryl methyl sites for hydroxylation is 1. The van der Waals surface area contributed by atoms with Gasteiger partial charge in [0.2, 0.25) is 5.91 Å². The lowest BCUT2D eigenvalue weighted by Crippen LogP contribution is -2.34. The molecule has 7 heteroatoms. The van der Waals surface area contributed by atoms with Crippen LogP contribution in [0.3, 0.4) is 0 Å². The van der Waals surface area contributed by atoms with Gasteiger partial charge < -0.3 is 10.2 Å². The van der Waals surface area contributed by atoms with Crippen LogP contribution in [-0.2, 0) is 11.3 Å². The van der Waals surface area contributed by atoms with Gasteiger partial charge in [0.15, 0.2) is 0 Å². The molecule has 5 nitrogen and oxygen atoms in total. The van der Waals surface area contributed by atoms with Gasteiger partial charge in [0.05, 0.1) is 0 Å². The number of carbonyl (C=O) groups is 1. The second kappa shape index (κ2) is 9.19. The Labute approximate surface area is 120 Å². The topological polar surface area (TPSA) is 50.2 Å². The number of aromatic nitrogens is 2. The highest BCUT2D eigenvalue weighted by Gasteiger charge is 2.14. The predicted octanol–water partition coefficient (Wildman–Crippen LogP) is 0.939. The van der Waals surface area contributed by atoms with E-state index in [1.807, 2.05) is 17.2 Å². The first-order valence-electron chi connectivity index (χ1n) is 5.82. The van der Waals surface area contributed by atoms with E-state index in [2.05, 4.69) is 10.4 Å². The molecule has 1 amide bonds. The standard InChI is InChI=1S/C11H18N4O.2ClH/c16-11(3-9-15-8-2-5-13-15)14-7-1-4-12-6-10-14;;/h2,5,8,12H,1,3-4,6-7,9-10H2;2*1H. The van der Waals surface area contributed by atoms with Crippen LogP contribution in [0.1, 0.15) is 12.8 Å². The molecule has 1 saturated heterocycles. The monoisotopic (exact) mass is 294 g/mol. The summed E-state index contributed by atoms with van der Waals surface area (Å²) in [7, 11) is 0. The molecular weight excluding hydrogens is 275 g/mol. The molecule has 2 heterocycles. The van der Waals surface area contributed by atoms with Crippen molar-refractivity contribution in [2.24, 2.45) is 0 Å². The first kappa shape index (κ1) is 17.2. The van der Waals surface area contributed by atoms with Crippen molar-refractivity contribution in [3.63, 3.8) is 0 Å². The highest BCUT2D eigenvalue weighted by Crippen LogP contribution is 2.00. The maximum atomic E-state index is 11.9. The summed E-state index contributed by atoms with van der Waals surface area (Å²) >= 11 is 0. The van der Waals surface area contributed by atoms with Crippen molar-refractivity contribution in [1.29, 1.82) is 0 Å². The van der Waals surface area contributed by atoms with Gasteiger partial charge in [-0.25, -0.2) is 0 Å². The Hall–Kier alpha value is -0.780. The molecule has 1 N–H and O–H groups in total. The second-order valence-electron chi connectivity index (χ2n) is 4.00. The molecule has 0 aliphatic carbocycles. The smallest absolute Gasteiger partial charge is 0.224 e. The molecule has 0 aromatic carbocycles. The third-order valence-electron chi connectivity index (χ3n) is 2.81. The number of carbonyl (C=O) groups excluding carboxylic acids is 1. The minimum atomic E-state index is 0. The number of hydrogen-bond donors (Lipinski definition) is 1. The molecule has 0 saturated carbocycles. The summed E-state index contributed by atoms with van der Waals surface area (Å²) in [5.41, 5.74) is 0. The largest absolute Gasteiger partial charge is 0.341 e. The van der Waals surface area contributed by atoms with E-state index in [4.69, 9.17) is 0 Å². The Balaban J connectivity index is 0.00000144. The van der Waals surface area contributed by atoms with E-state index in [1.54, 1.807) is 10.9 Å². The third kappa shape index (κ3) is 5.25. The zero-order chi connectivity index (χ0) is 11.2. The van der Waals surface area contributed by atoms with E-state index in [0.29, 0.717) is 13.0 Å². The van der Waals surface area contributed by atoms with E-state index < -0.39 is 0 Å². The number of halogens is 2. The van der Waals surface area contributed by atoms with Gasteiger partial charge in [-0.05, 0) is 19.0 Å². The molecule has 1 aromatic rings. The summed E-state index contributed by atoms with van der Waals surface area (Å²) in [5, 5.41) is 7.38. The number of nitrogens with one attached hydrogen (secondary N) is 1. The zero-order valence-corrected chi connectivity index (χ0v) is 11.9. The van der Waals surface area contributed by atoms with E-state index in [-0.39, 0.29) is 30.7 Å². The van der Waals surface area contributed by atoms with E-state index in [0.717, 1.165) is 32.6 Å². The normalized spacial score (nSPS) is 15.2. The Morgan fingerprint density at radius 2 is 2.11 bits per heavy atom. The lowest BCUT2D eigenvalue weighted by molar-refractivity contribution is -0.131. The minimum Gasteiger partial charge on any atom is -0.341 e. The number of rotatable bonds is 3. The van der Waals surface area contributed by atoms with Crippen LogP contribution in [0.25, 0.3) is 0 Å². The van der Waals surface area contributed by atoms with E-state index in [9.17, 15) is 4.79 Å². The summed E-state index contributed by atoms with van der Waals surface area (Å²) in [6, 6.07) is 1.88. The van der Waals surface area contributed by atoms with Crippen molar-refractivity contribution < 1.29 is 4.79 Å². The number of amides is 1. The van der Waals surface area contributed by atoms with Crippen molar-refractivity contribution in [2.75, 3.05) is 26.2 Å². The molecule has 2 rings (SSSR count). The molecule has 104 valence electrons. The molecule has 0 bridgehead atoms. The summed E-state index contributed by atoms with van der Waals surface area (Å²) in [6.07, 6.45) is 5.22. The molecule has 18 heavy (non-hydrogen) atoms. The molecule has 0 atom stereocenters. The first-order valence-corrected chi connectivity index (χ1v) is 5.82. The highest BCUT2D eigenvalue weighted by atomic mass is 35.5. The molecule has 1 fully saturated rings. The molecule has 0 unspecified atom stereocenters. The van der Waals surface area contributed by atoms with Crippen molar-refractivity contribution in [3.05, 3.63) is 18.5 Å². The summed E-state index contributed by atoms with van der Waals surface area (Å²) in [6.45, 7) is 4.31. The average molecular weight is 295 g/mol. The van der Waals surface area contributed by atoms with Gasteiger partial charge in [-0.2, -0.15) is 5.10 Å². The molecule has 0 spiro atoms. The van der Waals surface area contributed by atoms with Gasteiger partial charge in [0, 0.05) is 45.0 Å².